The molecule has 20 heavy (non-hydrogen) atoms. The van der Waals surface area contributed by atoms with Crippen LogP contribution in [0.2, 0.25) is 0 Å². The van der Waals surface area contributed by atoms with Gasteiger partial charge in [-0.3, -0.25) is 10.1 Å². The highest BCUT2D eigenvalue weighted by Crippen LogP contribution is 2.31. The first-order valence-electron chi connectivity index (χ1n) is 6.27. The van der Waals surface area contributed by atoms with Crippen LogP contribution in [0.15, 0.2) is 36.9 Å². The number of nitrogens with zero attached hydrogens (tertiary/aromatic N) is 3. The van der Waals surface area contributed by atoms with Crippen molar-refractivity contribution in [2.24, 2.45) is 0 Å². The van der Waals surface area contributed by atoms with Gasteiger partial charge in [0.1, 0.15) is 6.61 Å². The Kier molecular flexibility index (Phi) is 3.74. The zero-order valence-electron chi connectivity index (χ0n) is 11.7. The zero-order valence-corrected chi connectivity index (χ0v) is 11.7. The summed E-state index contributed by atoms with van der Waals surface area (Å²) in [5.41, 5.74) is 0.274. The number of nitro benzene ring substituents is 1. The van der Waals surface area contributed by atoms with Crippen molar-refractivity contribution in [1.82, 2.24) is 9.55 Å². The van der Waals surface area contributed by atoms with Crippen molar-refractivity contribution in [2.45, 2.75) is 26.3 Å². The number of rotatable bonds is 5. The molecule has 0 aliphatic heterocycles. The number of aromatic nitrogens is 2. The Hall–Kier alpha value is -2.37. The molecule has 106 valence electrons. The van der Waals surface area contributed by atoms with E-state index in [-0.39, 0.29) is 11.2 Å². The molecule has 0 bridgehead atoms. The lowest BCUT2D eigenvalue weighted by atomic mass is 10.1. The lowest BCUT2D eigenvalue weighted by Crippen LogP contribution is -2.32. The second-order valence-electron chi connectivity index (χ2n) is 5.25. The van der Waals surface area contributed by atoms with Gasteiger partial charge in [-0.15, -0.1) is 0 Å². The van der Waals surface area contributed by atoms with E-state index in [4.69, 9.17) is 4.74 Å². The zero-order chi connectivity index (χ0) is 14.8. The Morgan fingerprint density at radius 2 is 2.20 bits per heavy atom. The number of hydrogen-bond acceptors (Lipinski definition) is 4. The fourth-order valence-corrected chi connectivity index (χ4v) is 1.93. The van der Waals surface area contributed by atoms with Crippen molar-refractivity contribution >= 4 is 5.69 Å². The minimum atomic E-state index is -0.408. The minimum Gasteiger partial charge on any atom is -0.484 e. The van der Waals surface area contributed by atoms with Crippen LogP contribution in [-0.2, 0) is 5.54 Å². The van der Waals surface area contributed by atoms with Crippen LogP contribution in [0.1, 0.15) is 19.4 Å². The van der Waals surface area contributed by atoms with Gasteiger partial charge < -0.3 is 9.30 Å². The molecule has 0 radical (unpaired) electrons. The molecule has 1 aromatic carbocycles. The average Bonchev–Trinajstić information content (AvgIpc) is 2.90. The third-order valence-electron chi connectivity index (χ3n) is 3.17. The largest absolute Gasteiger partial charge is 0.484 e. The molecule has 1 aromatic heterocycles. The topological polar surface area (TPSA) is 70.2 Å². The van der Waals surface area contributed by atoms with E-state index in [0.29, 0.717) is 17.9 Å². The molecule has 0 N–H and O–H groups in total. The summed E-state index contributed by atoms with van der Waals surface area (Å²) >= 11 is 0. The summed E-state index contributed by atoms with van der Waals surface area (Å²) in [6, 6.07) is 5.07. The molecule has 0 aliphatic carbocycles. The average molecular weight is 275 g/mol. The standard InChI is InChI=1S/C14H17N3O3/c1-11-5-4-6-12(13(11)17(18)19)20-9-14(2,3)16-8-7-15-10-16/h4-8,10H,9H2,1-3H3. The van der Waals surface area contributed by atoms with Crippen LogP contribution in [-0.4, -0.2) is 21.1 Å². The summed E-state index contributed by atoms with van der Waals surface area (Å²) in [6.07, 6.45) is 5.24. The quantitative estimate of drug-likeness (QED) is 0.621. The second kappa shape index (κ2) is 5.32. The first-order chi connectivity index (χ1) is 9.42. The smallest absolute Gasteiger partial charge is 0.313 e. The number of nitro groups is 1. The minimum absolute atomic E-state index is 0.0222. The van der Waals surface area contributed by atoms with Crippen LogP contribution in [0.5, 0.6) is 5.75 Å². The maximum Gasteiger partial charge on any atom is 0.313 e. The van der Waals surface area contributed by atoms with E-state index in [2.05, 4.69) is 4.98 Å². The summed E-state index contributed by atoms with van der Waals surface area (Å²) in [5.74, 6) is 0.295. The summed E-state index contributed by atoms with van der Waals surface area (Å²) in [7, 11) is 0. The van der Waals surface area contributed by atoms with Gasteiger partial charge in [-0.2, -0.15) is 0 Å². The predicted molar refractivity (Wildman–Crippen MR) is 74.9 cm³/mol. The highest BCUT2D eigenvalue weighted by atomic mass is 16.6. The summed E-state index contributed by atoms with van der Waals surface area (Å²) in [6.45, 7) is 5.98. The molecule has 0 aliphatic rings. The lowest BCUT2D eigenvalue weighted by molar-refractivity contribution is -0.386. The van der Waals surface area contributed by atoms with Crippen molar-refractivity contribution in [3.8, 4) is 5.75 Å². The van der Waals surface area contributed by atoms with E-state index in [1.165, 1.54) is 0 Å². The Bertz CT molecular complexity index is 606. The maximum absolute atomic E-state index is 11.1. The highest BCUT2D eigenvalue weighted by Gasteiger charge is 2.24. The van der Waals surface area contributed by atoms with Crippen molar-refractivity contribution < 1.29 is 9.66 Å². The first-order valence-corrected chi connectivity index (χ1v) is 6.27. The first kappa shape index (κ1) is 14.0. The molecule has 0 amide bonds. The van der Waals surface area contributed by atoms with Crippen molar-refractivity contribution in [2.75, 3.05) is 6.61 Å². The van der Waals surface area contributed by atoms with Crippen LogP contribution in [0.25, 0.3) is 0 Å². The lowest BCUT2D eigenvalue weighted by Gasteiger charge is -2.26. The van der Waals surface area contributed by atoms with Crippen molar-refractivity contribution in [3.05, 3.63) is 52.6 Å². The van der Waals surface area contributed by atoms with E-state index in [1.54, 1.807) is 37.6 Å². The Balaban J connectivity index is 2.20. The summed E-state index contributed by atoms with van der Waals surface area (Å²) in [4.78, 5) is 14.7. The molecule has 6 heteroatoms. The van der Waals surface area contributed by atoms with Crippen LogP contribution < -0.4 is 4.74 Å². The molecule has 1 heterocycles. The molecule has 0 fully saturated rings. The van der Waals surface area contributed by atoms with Gasteiger partial charge in [-0.25, -0.2) is 4.98 Å². The van der Waals surface area contributed by atoms with E-state index < -0.39 is 4.92 Å². The van der Waals surface area contributed by atoms with E-state index in [1.807, 2.05) is 24.6 Å². The van der Waals surface area contributed by atoms with E-state index in [0.717, 1.165) is 0 Å². The number of imidazole rings is 1. The fraction of sp³-hybridized carbons (Fsp3) is 0.357. The molecule has 0 spiro atoms. The molecule has 0 unspecified atom stereocenters. The van der Waals surface area contributed by atoms with E-state index in [9.17, 15) is 10.1 Å². The number of aryl methyl sites for hydroxylation is 1. The summed E-state index contributed by atoms with van der Waals surface area (Å²) < 4.78 is 7.59. The number of benzene rings is 1. The maximum atomic E-state index is 11.1. The molecule has 0 saturated heterocycles. The van der Waals surface area contributed by atoms with Gasteiger partial charge in [0.2, 0.25) is 0 Å². The highest BCUT2D eigenvalue weighted by molar-refractivity contribution is 5.52. The monoisotopic (exact) mass is 275 g/mol. The van der Waals surface area contributed by atoms with Gasteiger partial charge in [0.05, 0.1) is 16.8 Å². The summed E-state index contributed by atoms with van der Waals surface area (Å²) in [5, 5.41) is 11.1. The Morgan fingerprint density at radius 1 is 1.45 bits per heavy atom. The normalized spacial score (nSPS) is 11.3. The number of para-hydroxylation sites is 1. The SMILES string of the molecule is Cc1cccc(OCC(C)(C)n2ccnc2)c1[N+](=O)[O-]. The molecule has 0 saturated carbocycles. The molecule has 0 atom stereocenters. The predicted octanol–water partition coefficient (Wildman–Crippen LogP) is 2.91. The molecule has 6 nitrogen and oxygen atoms in total. The van der Waals surface area contributed by atoms with Gasteiger partial charge in [0.15, 0.2) is 5.75 Å². The van der Waals surface area contributed by atoms with Gasteiger partial charge in [-0.1, -0.05) is 12.1 Å². The molecular weight excluding hydrogens is 258 g/mol. The molecular formula is C14H17N3O3. The second-order valence-corrected chi connectivity index (χ2v) is 5.25. The number of ether oxygens (including phenoxy) is 1. The fourth-order valence-electron chi connectivity index (χ4n) is 1.93. The van der Waals surface area contributed by atoms with Crippen LogP contribution in [0.3, 0.4) is 0 Å². The van der Waals surface area contributed by atoms with Crippen molar-refractivity contribution in [1.29, 1.82) is 0 Å². The third kappa shape index (κ3) is 2.79. The third-order valence-corrected chi connectivity index (χ3v) is 3.17. The molecule has 2 aromatic rings. The van der Waals surface area contributed by atoms with Crippen LogP contribution >= 0.6 is 0 Å². The molecule has 2 rings (SSSR count). The Morgan fingerprint density at radius 3 is 2.80 bits per heavy atom. The van der Waals surface area contributed by atoms with Crippen molar-refractivity contribution in [3.63, 3.8) is 0 Å². The Labute approximate surface area is 117 Å². The van der Waals surface area contributed by atoms with Gasteiger partial charge in [0.25, 0.3) is 0 Å². The van der Waals surface area contributed by atoms with E-state index >= 15 is 0 Å². The number of hydrogen-bond donors (Lipinski definition) is 0. The van der Waals surface area contributed by atoms with Gasteiger partial charge >= 0.3 is 5.69 Å². The van der Waals surface area contributed by atoms with Crippen LogP contribution in [0, 0.1) is 17.0 Å². The van der Waals surface area contributed by atoms with Gasteiger partial charge in [-0.05, 0) is 26.8 Å². The van der Waals surface area contributed by atoms with Crippen LogP contribution in [0.4, 0.5) is 5.69 Å². The van der Waals surface area contributed by atoms with Gasteiger partial charge in [0, 0.05) is 18.0 Å².